The monoisotopic (exact) mass is 328 g/mol. The first-order valence-electron chi connectivity index (χ1n) is 7.65. The van der Waals surface area contributed by atoms with Crippen LogP contribution in [0.4, 0.5) is 0 Å². The fourth-order valence-electron chi connectivity index (χ4n) is 2.78. The molecule has 1 aromatic heterocycles. The highest BCUT2D eigenvalue weighted by molar-refractivity contribution is 5.94. The Hall–Kier alpha value is -2.76. The molecule has 0 bridgehead atoms. The molecule has 0 aliphatic carbocycles. The van der Waals surface area contributed by atoms with Gasteiger partial charge in [0, 0.05) is 29.9 Å². The molecule has 6 heteroatoms. The zero-order valence-electron chi connectivity index (χ0n) is 14.3. The lowest BCUT2D eigenvalue weighted by atomic mass is 10.1. The Morgan fingerprint density at radius 3 is 2.79 bits per heavy atom. The summed E-state index contributed by atoms with van der Waals surface area (Å²) in [5.41, 5.74) is 3.29. The van der Waals surface area contributed by atoms with Gasteiger partial charge >= 0.3 is 0 Å². The van der Waals surface area contributed by atoms with Gasteiger partial charge in [0.25, 0.3) is 5.91 Å². The van der Waals surface area contributed by atoms with Gasteiger partial charge in [-0.15, -0.1) is 0 Å². The highest BCUT2D eigenvalue weighted by Crippen LogP contribution is 2.33. The van der Waals surface area contributed by atoms with Crippen molar-refractivity contribution in [1.29, 1.82) is 0 Å². The molecular formula is C18H20N2O4. The number of amides is 1. The summed E-state index contributed by atoms with van der Waals surface area (Å²) in [6.07, 6.45) is 1.76. The van der Waals surface area contributed by atoms with Crippen LogP contribution >= 0.6 is 0 Å². The Kier molecular flexibility index (Phi) is 4.29. The van der Waals surface area contributed by atoms with Crippen molar-refractivity contribution >= 4 is 5.91 Å². The second-order valence-corrected chi connectivity index (χ2v) is 5.78. The maximum atomic E-state index is 12.7. The van der Waals surface area contributed by atoms with E-state index < -0.39 is 0 Å². The van der Waals surface area contributed by atoms with Gasteiger partial charge in [0.2, 0.25) is 6.79 Å². The Labute approximate surface area is 141 Å². The highest BCUT2D eigenvalue weighted by Gasteiger charge is 2.20. The molecule has 0 spiro atoms. The molecule has 0 saturated carbocycles. The maximum Gasteiger partial charge on any atom is 0.254 e. The van der Waals surface area contributed by atoms with Gasteiger partial charge in [-0.25, -0.2) is 0 Å². The van der Waals surface area contributed by atoms with Crippen LogP contribution in [0.25, 0.3) is 0 Å². The first kappa shape index (κ1) is 16.1. The summed E-state index contributed by atoms with van der Waals surface area (Å²) in [7, 11) is 3.39. The molecule has 126 valence electrons. The van der Waals surface area contributed by atoms with E-state index in [-0.39, 0.29) is 12.7 Å². The number of hydrogen-bond donors (Lipinski definition) is 0. The van der Waals surface area contributed by atoms with Crippen LogP contribution < -0.4 is 14.2 Å². The van der Waals surface area contributed by atoms with Crippen molar-refractivity contribution in [3.05, 3.63) is 46.8 Å². The number of fused-ring (bicyclic) bond motifs is 1. The molecule has 1 aromatic carbocycles. The number of hydrogen-bond acceptors (Lipinski definition) is 5. The molecule has 0 saturated heterocycles. The van der Waals surface area contributed by atoms with Gasteiger partial charge in [-0.2, -0.15) is 0 Å². The quantitative estimate of drug-likeness (QED) is 0.863. The average molecular weight is 328 g/mol. The number of aryl methyl sites for hydroxylation is 1. The van der Waals surface area contributed by atoms with Crippen LogP contribution in [0.3, 0.4) is 0 Å². The molecule has 0 atom stereocenters. The van der Waals surface area contributed by atoms with E-state index in [0.717, 1.165) is 22.6 Å². The van der Waals surface area contributed by atoms with Crippen LogP contribution in [-0.4, -0.2) is 36.7 Å². The summed E-state index contributed by atoms with van der Waals surface area (Å²) in [6.45, 7) is 4.49. The predicted octanol–water partition coefficient (Wildman–Crippen LogP) is 2.71. The van der Waals surface area contributed by atoms with Crippen molar-refractivity contribution in [3.8, 4) is 17.2 Å². The average Bonchev–Trinajstić information content (AvgIpc) is 3.04. The second kappa shape index (κ2) is 6.39. The summed E-state index contributed by atoms with van der Waals surface area (Å²) in [6, 6.07) is 5.20. The number of rotatable bonds is 4. The van der Waals surface area contributed by atoms with Crippen molar-refractivity contribution < 1.29 is 19.0 Å². The molecule has 2 aromatic rings. The molecular weight excluding hydrogens is 308 g/mol. The van der Waals surface area contributed by atoms with Gasteiger partial charge in [0.15, 0.2) is 11.5 Å². The lowest BCUT2D eigenvalue weighted by Gasteiger charge is -2.19. The van der Waals surface area contributed by atoms with E-state index in [1.165, 1.54) is 0 Å². The van der Waals surface area contributed by atoms with E-state index in [2.05, 4.69) is 4.98 Å². The van der Waals surface area contributed by atoms with Gasteiger partial charge in [0.05, 0.1) is 19.3 Å². The highest BCUT2D eigenvalue weighted by atomic mass is 16.7. The number of ether oxygens (including phenoxy) is 3. The van der Waals surface area contributed by atoms with Gasteiger partial charge in [-0.1, -0.05) is 0 Å². The molecule has 1 amide bonds. The molecule has 3 rings (SSSR count). The molecule has 0 fully saturated rings. The second-order valence-electron chi connectivity index (χ2n) is 5.78. The zero-order chi connectivity index (χ0) is 17.3. The van der Waals surface area contributed by atoms with E-state index >= 15 is 0 Å². The van der Waals surface area contributed by atoms with Crippen molar-refractivity contribution in [2.24, 2.45) is 0 Å². The van der Waals surface area contributed by atoms with Gasteiger partial charge in [-0.3, -0.25) is 9.78 Å². The van der Waals surface area contributed by atoms with Crippen LogP contribution in [0.1, 0.15) is 27.2 Å². The molecule has 1 aliphatic heterocycles. The van der Waals surface area contributed by atoms with Crippen LogP contribution in [0, 0.1) is 13.8 Å². The van der Waals surface area contributed by atoms with E-state index in [1.54, 1.807) is 43.5 Å². The Morgan fingerprint density at radius 1 is 1.29 bits per heavy atom. The summed E-state index contributed by atoms with van der Waals surface area (Å²) in [4.78, 5) is 18.7. The normalized spacial score (nSPS) is 12.2. The number of nitrogens with zero attached hydrogens (tertiary/aromatic N) is 2. The SMILES string of the molecule is COc1c(C)cnc(CN(C)C(=O)c2ccc3c(c2)OCO3)c1C. The lowest BCUT2D eigenvalue weighted by molar-refractivity contribution is 0.0782. The van der Waals surface area contributed by atoms with E-state index in [4.69, 9.17) is 14.2 Å². The summed E-state index contributed by atoms with van der Waals surface area (Å²) >= 11 is 0. The third-order valence-electron chi connectivity index (χ3n) is 4.10. The number of pyridine rings is 1. The van der Waals surface area contributed by atoms with Crippen molar-refractivity contribution in [3.63, 3.8) is 0 Å². The van der Waals surface area contributed by atoms with E-state index in [1.807, 2.05) is 13.8 Å². The molecule has 2 heterocycles. The Morgan fingerprint density at radius 2 is 2.04 bits per heavy atom. The van der Waals surface area contributed by atoms with Crippen molar-refractivity contribution in [2.45, 2.75) is 20.4 Å². The standard InChI is InChI=1S/C18H20N2O4/c1-11-8-19-14(12(2)17(11)22-4)9-20(3)18(21)13-5-6-15-16(7-13)24-10-23-15/h5-8H,9-10H2,1-4H3. The number of aromatic nitrogens is 1. The number of methoxy groups -OCH3 is 1. The molecule has 0 radical (unpaired) electrons. The molecule has 1 aliphatic rings. The first-order chi connectivity index (χ1) is 11.5. The maximum absolute atomic E-state index is 12.7. The minimum Gasteiger partial charge on any atom is -0.496 e. The van der Waals surface area contributed by atoms with Crippen LogP contribution in [0.15, 0.2) is 24.4 Å². The minimum absolute atomic E-state index is 0.103. The molecule has 0 unspecified atom stereocenters. The van der Waals surface area contributed by atoms with E-state index in [9.17, 15) is 4.79 Å². The fourth-order valence-corrected chi connectivity index (χ4v) is 2.78. The Bertz CT molecular complexity index is 789. The van der Waals surface area contributed by atoms with Crippen LogP contribution in [0.5, 0.6) is 17.2 Å². The minimum atomic E-state index is -0.103. The Balaban J connectivity index is 1.80. The van der Waals surface area contributed by atoms with Gasteiger partial charge < -0.3 is 19.1 Å². The third kappa shape index (κ3) is 2.87. The predicted molar refractivity (Wildman–Crippen MR) is 88.6 cm³/mol. The summed E-state index contributed by atoms with van der Waals surface area (Å²) in [5, 5.41) is 0. The molecule has 6 nitrogen and oxygen atoms in total. The molecule has 24 heavy (non-hydrogen) atoms. The topological polar surface area (TPSA) is 60.9 Å². The number of carbonyl (C=O) groups excluding carboxylic acids is 1. The third-order valence-corrected chi connectivity index (χ3v) is 4.10. The summed E-state index contributed by atoms with van der Waals surface area (Å²) in [5.74, 6) is 1.97. The lowest BCUT2D eigenvalue weighted by Crippen LogP contribution is -2.27. The van der Waals surface area contributed by atoms with Gasteiger partial charge in [-0.05, 0) is 32.0 Å². The first-order valence-corrected chi connectivity index (χ1v) is 7.65. The smallest absolute Gasteiger partial charge is 0.254 e. The van der Waals surface area contributed by atoms with Crippen molar-refractivity contribution in [1.82, 2.24) is 9.88 Å². The zero-order valence-corrected chi connectivity index (χ0v) is 14.3. The number of benzene rings is 1. The largest absolute Gasteiger partial charge is 0.496 e. The van der Waals surface area contributed by atoms with Crippen molar-refractivity contribution in [2.75, 3.05) is 21.0 Å². The number of carbonyl (C=O) groups is 1. The van der Waals surface area contributed by atoms with Crippen LogP contribution in [-0.2, 0) is 6.54 Å². The molecule has 0 N–H and O–H groups in total. The van der Waals surface area contributed by atoms with E-state index in [0.29, 0.717) is 23.6 Å². The summed E-state index contributed by atoms with van der Waals surface area (Å²) < 4.78 is 16.0. The van der Waals surface area contributed by atoms with Crippen LogP contribution in [0.2, 0.25) is 0 Å². The fraction of sp³-hybridized carbons (Fsp3) is 0.333. The van der Waals surface area contributed by atoms with Gasteiger partial charge in [0.1, 0.15) is 5.75 Å².